The second-order valence-corrected chi connectivity index (χ2v) is 12.8. The molecule has 2 aromatic carbocycles. The van der Waals surface area contributed by atoms with Crippen LogP contribution in [0.15, 0.2) is 84.0 Å². The third kappa shape index (κ3) is 4.93. The Bertz CT molecular complexity index is 1580. The minimum atomic E-state index is -1.83. The Morgan fingerprint density at radius 3 is 2.60 bits per heavy atom. The van der Waals surface area contributed by atoms with Gasteiger partial charge in [0.1, 0.15) is 30.7 Å². The second kappa shape index (κ2) is 11.6. The van der Waals surface area contributed by atoms with Crippen molar-refractivity contribution in [3.63, 3.8) is 0 Å². The zero-order valence-electron chi connectivity index (χ0n) is 26.1. The van der Waals surface area contributed by atoms with Gasteiger partial charge in [0.15, 0.2) is 17.3 Å². The molecule has 2 fully saturated rings. The van der Waals surface area contributed by atoms with Crippen LogP contribution < -0.4 is 4.74 Å². The first-order valence-electron chi connectivity index (χ1n) is 15.2. The lowest BCUT2D eigenvalue weighted by Crippen LogP contribution is -2.68. The van der Waals surface area contributed by atoms with Crippen LogP contribution in [-0.2, 0) is 30.3 Å². The highest BCUT2D eigenvalue weighted by Crippen LogP contribution is 2.61. The second-order valence-electron chi connectivity index (χ2n) is 12.8. The van der Waals surface area contributed by atoms with Gasteiger partial charge in [-0.25, -0.2) is 4.79 Å². The molecule has 9 nitrogen and oxygen atoms in total. The fourth-order valence-electron chi connectivity index (χ4n) is 8.00. The Kier molecular flexibility index (Phi) is 8.02. The van der Waals surface area contributed by atoms with Crippen molar-refractivity contribution in [2.75, 3.05) is 20.5 Å². The van der Waals surface area contributed by atoms with Crippen LogP contribution in [0.4, 0.5) is 0 Å². The molecule has 1 heterocycles. The summed E-state index contributed by atoms with van der Waals surface area (Å²) in [6.07, 6.45) is 3.76. The average Bonchev–Trinajstić information content (AvgIpc) is 3.52. The van der Waals surface area contributed by atoms with Gasteiger partial charge < -0.3 is 33.9 Å². The predicted octanol–water partition coefficient (Wildman–Crippen LogP) is 5.06. The number of hydrogen-bond donors (Lipinski definition) is 2. The SMILES string of the molecule is C=C(C)[C@]12C[C@@H](C)[C@@]3(OCc4ccccc4)[C@@H](C=C(COC(=O)c4ccc(O)c(OC)c4)C[C@]4(O)C(=O)C(C)=C[C@@H]34)[C@H]1OCO2. The number of esters is 1. The number of rotatable bonds is 8. The lowest BCUT2D eigenvalue weighted by atomic mass is 9.55. The average molecular weight is 617 g/mol. The molecule has 3 aliphatic carbocycles. The van der Waals surface area contributed by atoms with E-state index in [0.29, 0.717) is 17.6 Å². The van der Waals surface area contributed by atoms with E-state index in [9.17, 15) is 19.8 Å². The van der Waals surface area contributed by atoms with Crippen molar-refractivity contribution in [2.45, 2.75) is 63.1 Å². The van der Waals surface area contributed by atoms with E-state index in [0.717, 1.165) is 11.1 Å². The third-order valence-corrected chi connectivity index (χ3v) is 10.2. The van der Waals surface area contributed by atoms with Crippen LogP contribution in [0, 0.1) is 17.8 Å². The van der Waals surface area contributed by atoms with Gasteiger partial charge in [0.25, 0.3) is 0 Å². The van der Waals surface area contributed by atoms with Crippen molar-refractivity contribution in [3.05, 3.63) is 95.1 Å². The van der Waals surface area contributed by atoms with Gasteiger partial charge in [-0.1, -0.05) is 56.0 Å². The van der Waals surface area contributed by atoms with Crippen molar-refractivity contribution in [2.24, 2.45) is 17.8 Å². The molecule has 2 N–H and O–H groups in total. The van der Waals surface area contributed by atoms with E-state index in [1.807, 2.05) is 49.4 Å². The molecule has 0 unspecified atom stereocenters. The molecule has 0 spiro atoms. The molecule has 1 saturated carbocycles. The molecule has 2 aromatic rings. The summed E-state index contributed by atoms with van der Waals surface area (Å²) in [4.78, 5) is 27.0. The van der Waals surface area contributed by atoms with E-state index in [1.54, 1.807) is 6.92 Å². The zero-order chi connectivity index (χ0) is 32.1. The number of ether oxygens (including phenoxy) is 5. The number of fused-ring (bicyclic) bond motifs is 5. The first-order chi connectivity index (χ1) is 21.5. The first kappa shape index (κ1) is 31.2. The van der Waals surface area contributed by atoms with Crippen LogP contribution in [0.3, 0.4) is 0 Å². The smallest absolute Gasteiger partial charge is 0.338 e. The molecule has 0 bridgehead atoms. The van der Waals surface area contributed by atoms with Crippen LogP contribution in [0.25, 0.3) is 0 Å². The number of phenols is 1. The van der Waals surface area contributed by atoms with E-state index in [4.69, 9.17) is 23.7 Å². The quantitative estimate of drug-likeness (QED) is 0.310. The maximum absolute atomic E-state index is 13.8. The van der Waals surface area contributed by atoms with E-state index >= 15 is 0 Å². The number of carbonyl (C=O) groups is 2. The van der Waals surface area contributed by atoms with Gasteiger partial charge in [0, 0.05) is 18.3 Å². The van der Waals surface area contributed by atoms with Crippen molar-refractivity contribution >= 4 is 11.8 Å². The summed E-state index contributed by atoms with van der Waals surface area (Å²) in [6.45, 7) is 10.1. The highest BCUT2D eigenvalue weighted by atomic mass is 16.7. The maximum Gasteiger partial charge on any atom is 0.338 e. The molecule has 0 aromatic heterocycles. The lowest BCUT2D eigenvalue weighted by molar-refractivity contribution is -0.228. The molecular weight excluding hydrogens is 576 g/mol. The van der Waals surface area contributed by atoms with Crippen LogP contribution in [0.1, 0.15) is 49.5 Å². The minimum absolute atomic E-state index is 0.0518. The molecule has 4 aliphatic rings. The molecule has 0 radical (unpaired) electrons. The Labute approximate surface area is 263 Å². The number of Topliss-reactive ketones (excluding diaryl/α,β-unsaturated/α-hetero) is 1. The summed E-state index contributed by atoms with van der Waals surface area (Å²) >= 11 is 0. The molecular formula is C36H40O9. The summed E-state index contributed by atoms with van der Waals surface area (Å²) < 4.78 is 30.6. The number of ketones is 1. The summed E-state index contributed by atoms with van der Waals surface area (Å²) in [6, 6.07) is 14.0. The molecule has 45 heavy (non-hydrogen) atoms. The van der Waals surface area contributed by atoms with E-state index in [-0.39, 0.29) is 55.2 Å². The predicted molar refractivity (Wildman–Crippen MR) is 164 cm³/mol. The monoisotopic (exact) mass is 616 g/mol. The van der Waals surface area contributed by atoms with E-state index < -0.39 is 40.7 Å². The fourth-order valence-corrected chi connectivity index (χ4v) is 8.00. The van der Waals surface area contributed by atoms with Gasteiger partial charge >= 0.3 is 5.97 Å². The van der Waals surface area contributed by atoms with E-state index in [1.165, 1.54) is 25.3 Å². The molecule has 0 amide bonds. The van der Waals surface area contributed by atoms with Crippen LogP contribution in [0.5, 0.6) is 11.5 Å². The molecule has 9 heteroatoms. The van der Waals surface area contributed by atoms with Crippen LogP contribution in [-0.4, -0.2) is 65.4 Å². The topological polar surface area (TPSA) is 121 Å². The van der Waals surface area contributed by atoms with Gasteiger partial charge in [-0.3, -0.25) is 4.79 Å². The van der Waals surface area contributed by atoms with Gasteiger partial charge in [-0.15, -0.1) is 0 Å². The third-order valence-electron chi connectivity index (χ3n) is 10.2. The number of aromatic hydroxyl groups is 1. The van der Waals surface area contributed by atoms with E-state index in [2.05, 4.69) is 13.5 Å². The molecule has 1 aliphatic heterocycles. The summed E-state index contributed by atoms with van der Waals surface area (Å²) in [5, 5.41) is 22.4. The van der Waals surface area contributed by atoms with Gasteiger partial charge in [-0.2, -0.15) is 0 Å². The number of phenolic OH excluding ortho intramolecular Hbond substituents is 1. The van der Waals surface area contributed by atoms with Crippen LogP contribution in [0.2, 0.25) is 0 Å². The Balaban J connectivity index is 1.44. The van der Waals surface area contributed by atoms with Gasteiger partial charge in [0.05, 0.1) is 24.9 Å². The Morgan fingerprint density at radius 1 is 1.13 bits per heavy atom. The van der Waals surface area contributed by atoms with Crippen molar-refractivity contribution in [3.8, 4) is 11.5 Å². The first-order valence-corrected chi connectivity index (χ1v) is 15.2. The number of methoxy groups -OCH3 is 1. The van der Waals surface area contributed by atoms with Gasteiger partial charge in [0.2, 0.25) is 0 Å². The zero-order valence-corrected chi connectivity index (χ0v) is 26.1. The summed E-state index contributed by atoms with van der Waals surface area (Å²) in [7, 11) is 1.39. The summed E-state index contributed by atoms with van der Waals surface area (Å²) in [5.74, 6) is -2.40. The molecule has 6 rings (SSSR count). The molecule has 238 valence electrons. The molecule has 1 saturated heterocycles. The van der Waals surface area contributed by atoms with Gasteiger partial charge in [-0.05, 0) is 66.7 Å². The standard InChI is InChI=1S/C36H40O9/c1-21(2)35-16-23(4)36(44-19-24-9-7-6-8-10-24)27(32(35)43-20-45-35)14-25(17-34(40)30(36)13-22(3)31(34)38)18-42-33(39)26-11-12-28(37)29(15-26)41-5/h6-15,23,27,30,32,37,40H,1,16-20H2,2-5H3/t23-,27+,30-,32-,34-,35-,36-/m1/s1. The fraction of sp³-hybridized carbons (Fsp3) is 0.444. The number of aliphatic hydroxyl groups is 1. The lowest BCUT2D eigenvalue weighted by Gasteiger charge is -2.58. The highest BCUT2D eigenvalue weighted by Gasteiger charge is 2.70. The maximum atomic E-state index is 13.8. The minimum Gasteiger partial charge on any atom is -0.504 e. The Morgan fingerprint density at radius 2 is 1.89 bits per heavy atom. The normalized spacial score (nSPS) is 33.7. The largest absolute Gasteiger partial charge is 0.504 e. The Hall–Kier alpha value is -3.76. The van der Waals surface area contributed by atoms with Crippen molar-refractivity contribution in [1.29, 1.82) is 0 Å². The summed E-state index contributed by atoms with van der Waals surface area (Å²) in [5.41, 5.74) is -0.708. The molecule has 7 atom stereocenters. The van der Waals surface area contributed by atoms with Crippen molar-refractivity contribution < 1.29 is 43.5 Å². The van der Waals surface area contributed by atoms with Crippen LogP contribution >= 0.6 is 0 Å². The highest BCUT2D eigenvalue weighted by molar-refractivity contribution is 6.05. The number of hydrogen-bond acceptors (Lipinski definition) is 9. The van der Waals surface area contributed by atoms with Crippen molar-refractivity contribution in [1.82, 2.24) is 0 Å². The number of carbonyl (C=O) groups excluding carboxylic acids is 2. The number of benzene rings is 2.